The summed E-state index contributed by atoms with van der Waals surface area (Å²) in [5.41, 5.74) is 3.63. The van der Waals surface area contributed by atoms with Crippen molar-refractivity contribution < 1.29 is 33.8 Å². The second-order valence-electron chi connectivity index (χ2n) is 10.8. The van der Waals surface area contributed by atoms with E-state index in [-0.39, 0.29) is 26.2 Å². The van der Waals surface area contributed by atoms with Crippen LogP contribution in [-0.2, 0) is 19.2 Å². The Morgan fingerprint density at radius 2 is 1.69 bits per heavy atom. The van der Waals surface area contributed by atoms with Crippen LogP contribution in [0, 0.1) is 5.41 Å². The minimum atomic E-state index is -1.15. The van der Waals surface area contributed by atoms with Crippen molar-refractivity contribution >= 4 is 23.7 Å². The van der Waals surface area contributed by atoms with Crippen LogP contribution in [0.3, 0.4) is 0 Å². The number of carboxylic acids is 1. The topological polar surface area (TPSA) is 127 Å². The van der Waals surface area contributed by atoms with Crippen LogP contribution < -0.4 is 10.1 Å². The number of alkyl carbamates (subject to hydrolysis) is 1. The number of carboxylic acid groups (broad SMARTS) is 1. The molecule has 2 aromatic carbocycles. The van der Waals surface area contributed by atoms with Crippen molar-refractivity contribution in [1.29, 1.82) is 0 Å². The number of carbonyl (C=O) groups excluding carboxylic acids is 2. The fourth-order valence-electron chi connectivity index (χ4n) is 5.07. The molecule has 0 spiro atoms. The highest BCUT2D eigenvalue weighted by molar-refractivity contribution is 6.24. The number of nitrogens with zero attached hydrogens (tertiary/aromatic N) is 2. The summed E-state index contributed by atoms with van der Waals surface area (Å²) in [5.74, 6) is -1.04. The van der Waals surface area contributed by atoms with Crippen LogP contribution in [0.25, 0.3) is 11.1 Å². The van der Waals surface area contributed by atoms with E-state index in [9.17, 15) is 19.5 Å². The third kappa shape index (κ3) is 5.32. The van der Waals surface area contributed by atoms with Crippen molar-refractivity contribution in [2.75, 3.05) is 19.8 Å². The summed E-state index contributed by atoms with van der Waals surface area (Å²) in [6.07, 6.45) is 2.01. The van der Waals surface area contributed by atoms with Crippen LogP contribution in [0.15, 0.2) is 59.8 Å². The van der Waals surface area contributed by atoms with E-state index < -0.39 is 41.6 Å². The van der Waals surface area contributed by atoms with E-state index in [0.29, 0.717) is 11.5 Å². The molecule has 3 atom stereocenters. The quantitative estimate of drug-likeness (QED) is 0.458. The van der Waals surface area contributed by atoms with Gasteiger partial charge in [-0.3, -0.25) is 4.79 Å². The van der Waals surface area contributed by atoms with Gasteiger partial charge in [0.2, 0.25) is 5.91 Å². The molecule has 2 heterocycles. The molecule has 1 aliphatic carbocycles. The molecule has 3 aliphatic rings. The molecule has 5 rings (SSSR count). The number of amides is 2. The predicted molar refractivity (Wildman–Crippen MR) is 143 cm³/mol. The smallest absolute Gasteiger partial charge is 0.408 e. The molecule has 0 unspecified atom stereocenters. The van der Waals surface area contributed by atoms with Crippen molar-refractivity contribution in [2.24, 2.45) is 10.6 Å². The van der Waals surface area contributed by atoms with Crippen LogP contribution in [-0.4, -0.2) is 71.6 Å². The zero-order valence-electron chi connectivity index (χ0n) is 22.0. The average molecular weight is 534 g/mol. The minimum absolute atomic E-state index is 0.0102. The van der Waals surface area contributed by atoms with Crippen LogP contribution in [0.1, 0.15) is 38.3 Å². The molecule has 2 N–H and O–H groups in total. The van der Waals surface area contributed by atoms with E-state index in [0.717, 1.165) is 22.3 Å². The molecule has 39 heavy (non-hydrogen) atoms. The zero-order valence-corrected chi connectivity index (χ0v) is 22.0. The lowest BCUT2D eigenvalue weighted by atomic mass is 9.85. The molecule has 1 saturated heterocycles. The Labute approximate surface area is 226 Å². The number of aliphatic carboxylic acids is 1. The van der Waals surface area contributed by atoms with Crippen LogP contribution in [0.2, 0.25) is 0 Å². The molecule has 10 nitrogen and oxygen atoms in total. The van der Waals surface area contributed by atoms with Crippen LogP contribution in [0.5, 0.6) is 5.75 Å². The van der Waals surface area contributed by atoms with E-state index in [1.54, 1.807) is 32.9 Å². The average Bonchev–Trinajstić information content (AvgIpc) is 3.46. The molecule has 0 radical (unpaired) electrons. The maximum atomic E-state index is 13.6. The Morgan fingerprint density at radius 3 is 2.41 bits per heavy atom. The first-order valence-electron chi connectivity index (χ1n) is 12.9. The van der Waals surface area contributed by atoms with E-state index in [2.05, 4.69) is 10.5 Å². The molecule has 2 aliphatic heterocycles. The lowest BCUT2D eigenvalue weighted by Crippen LogP contribution is -2.56. The van der Waals surface area contributed by atoms with Gasteiger partial charge in [-0.05, 0) is 46.9 Å². The first-order valence-corrected chi connectivity index (χ1v) is 12.9. The Hall–Kier alpha value is -4.34. The van der Waals surface area contributed by atoms with E-state index in [1.807, 2.05) is 42.5 Å². The lowest BCUT2D eigenvalue weighted by Gasteiger charge is -2.34. The first kappa shape index (κ1) is 26.3. The highest BCUT2D eigenvalue weighted by atomic mass is 16.6. The van der Waals surface area contributed by atoms with Crippen molar-refractivity contribution in [3.05, 3.63) is 65.7 Å². The van der Waals surface area contributed by atoms with Crippen molar-refractivity contribution in [3.63, 3.8) is 0 Å². The Bertz CT molecular complexity index is 1360. The van der Waals surface area contributed by atoms with E-state index >= 15 is 0 Å². The number of oxime groups is 1. The molecular formula is C29H31N3O7. The third-order valence-electron chi connectivity index (χ3n) is 7.04. The van der Waals surface area contributed by atoms with Crippen molar-refractivity contribution in [1.82, 2.24) is 10.2 Å². The molecule has 204 valence electrons. The number of hydrogen-bond donors (Lipinski definition) is 2. The van der Waals surface area contributed by atoms with Gasteiger partial charge >= 0.3 is 12.1 Å². The molecular weight excluding hydrogens is 502 g/mol. The summed E-state index contributed by atoms with van der Waals surface area (Å²) in [5, 5.41) is 17.0. The van der Waals surface area contributed by atoms with Gasteiger partial charge in [-0.15, -0.1) is 0 Å². The van der Waals surface area contributed by atoms with Crippen molar-refractivity contribution in [3.8, 4) is 16.9 Å². The first-order chi connectivity index (χ1) is 18.6. The second kappa shape index (κ2) is 10.4. The van der Waals surface area contributed by atoms with Gasteiger partial charge in [0.1, 0.15) is 42.9 Å². The number of ether oxygens (including phenoxy) is 2. The number of cyclic esters (lactones) is 1. The van der Waals surface area contributed by atoms with Gasteiger partial charge in [0.05, 0.1) is 6.54 Å². The summed E-state index contributed by atoms with van der Waals surface area (Å²) in [6, 6.07) is 11.4. The monoisotopic (exact) mass is 533 g/mol. The molecule has 1 fully saturated rings. The zero-order chi connectivity index (χ0) is 27.7. The second-order valence-corrected chi connectivity index (χ2v) is 10.8. The SMILES string of the molecule is CC(C)(C)[C@@H]1NC(=O)OC/C=C/COc2ccc3c(c2)/C(=N\O[C@@H]2C[C@@H](C(=O)O)N(C2)C1=O)c1ccccc1-3. The molecule has 10 heteroatoms. The number of nitrogens with one attached hydrogen (secondary N) is 1. The van der Waals surface area contributed by atoms with Gasteiger partial charge < -0.3 is 29.6 Å². The molecule has 2 aromatic rings. The fraction of sp³-hybridized carbons (Fsp3) is 0.379. The van der Waals surface area contributed by atoms with Gasteiger partial charge in [0, 0.05) is 17.5 Å². The van der Waals surface area contributed by atoms with Gasteiger partial charge in [0.15, 0.2) is 0 Å². The summed E-state index contributed by atoms with van der Waals surface area (Å²) in [4.78, 5) is 45.5. The number of carbonyl (C=O) groups is 3. The highest BCUT2D eigenvalue weighted by Crippen LogP contribution is 2.39. The summed E-state index contributed by atoms with van der Waals surface area (Å²) >= 11 is 0. The maximum absolute atomic E-state index is 13.6. The van der Waals surface area contributed by atoms with Gasteiger partial charge in [0.25, 0.3) is 0 Å². The van der Waals surface area contributed by atoms with Crippen LogP contribution >= 0.6 is 0 Å². The van der Waals surface area contributed by atoms with Crippen molar-refractivity contribution in [2.45, 2.75) is 45.4 Å². The Morgan fingerprint density at radius 1 is 1.00 bits per heavy atom. The summed E-state index contributed by atoms with van der Waals surface area (Å²) in [7, 11) is 0. The van der Waals surface area contributed by atoms with Gasteiger partial charge in [-0.25, -0.2) is 9.59 Å². The van der Waals surface area contributed by atoms with E-state index in [1.165, 1.54) is 4.90 Å². The summed E-state index contributed by atoms with van der Waals surface area (Å²) in [6.45, 7) is 5.62. The minimum Gasteiger partial charge on any atom is -0.490 e. The van der Waals surface area contributed by atoms with Crippen LogP contribution in [0.4, 0.5) is 4.79 Å². The number of fused-ring (bicyclic) bond motifs is 6. The van der Waals surface area contributed by atoms with E-state index in [4.69, 9.17) is 14.3 Å². The maximum Gasteiger partial charge on any atom is 0.408 e. The molecule has 0 saturated carbocycles. The normalized spacial score (nSPS) is 25.4. The highest BCUT2D eigenvalue weighted by Gasteiger charge is 2.46. The number of rotatable bonds is 1. The third-order valence-corrected chi connectivity index (χ3v) is 7.04. The lowest BCUT2D eigenvalue weighted by molar-refractivity contribution is -0.150. The molecule has 2 amide bonds. The predicted octanol–water partition coefficient (Wildman–Crippen LogP) is 3.58. The molecule has 0 aromatic heterocycles. The summed E-state index contributed by atoms with van der Waals surface area (Å²) < 4.78 is 11.1. The number of hydrogen-bond acceptors (Lipinski definition) is 7. The molecule has 4 bridgehead atoms. The Kier molecular flexibility index (Phi) is 7.03. The van der Waals surface area contributed by atoms with Gasteiger partial charge in [-0.2, -0.15) is 0 Å². The largest absolute Gasteiger partial charge is 0.490 e. The Balaban J connectivity index is 1.52. The number of benzene rings is 2. The standard InChI is InChI=1S/C29H31N3O7/c1-29(2,3)25-26(33)32-16-18(15-23(32)27(34)35)39-31-24-21-9-5-4-8-19(21)20-11-10-17(14-22(20)24)37-12-6-7-13-38-28(36)30-25/h4-11,14,18,23,25H,12-13,15-16H2,1-3H3,(H,30,36)(H,34,35)/b7-6+,31-24-/t18-,23+,25-/m1/s1. The van der Waals surface area contributed by atoms with Gasteiger partial charge in [-0.1, -0.05) is 50.2 Å². The fourth-order valence-corrected chi connectivity index (χ4v) is 5.07.